The molecule has 17 heavy (non-hydrogen) atoms. The van der Waals surface area contributed by atoms with E-state index in [4.69, 9.17) is 0 Å². The molecular weight excluding hydrogens is 204 g/mol. The molecule has 2 aromatic carbocycles. The third kappa shape index (κ3) is 2.58. The Bertz CT molecular complexity index is 504. The molecule has 0 N–H and O–H groups in total. The first-order valence-electron chi connectivity index (χ1n) is 6.25. The second-order valence-corrected chi connectivity index (χ2v) is 5.11. The van der Waals surface area contributed by atoms with Crippen molar-refractivity contribution in [3.05, 3.63) is 59.2 Å². The maximum atomic E-state index is 2.29. The van der Waals surface area contributed by atoms with Crippen LogP contribution in [0.1, 0.15) is 36.5 Å². The third-order valence-electron chi connectivity index (χ3n) is 3.19. The summed E-state index contributed by atoms with van der Waals surface area (Å²) in [5, 5.41) is 0. The van der Waals surface area contributed by atoms with Gasteiger partial charge in [0, 0.05) is 0 Å². The van der Waals surface area contributed by atoms with E-state index in [0.29, 0.717) is 5.92 Å². The van der Waals surface area contributed by atoms with Crippen molar-refractivity contribution in [3.63, 3.8) is 0 Å². The van der Waals surface area contributed by atoms with Crippen LogP contribution in [-0.4, -0.2) is 0 Å². The van der Waals surface area contributed by atoms with Gasteiger partial charge in [0.25, 0.3) is 0 Å². The molecule has 0 bridgehead atoms. The summed E-state index contributed by atoms with van der Waals surface area (Å²) in [7, 11) is 0. The van der Waals surface area contributed by atoms with E-state index in [1.807, 2.05) is 0 Å². The van der Waals surface area contributed by atoms with Crippen LogP contribution in [0.25, 0.3) is 11.1 Å². The highest BCUT2D eigenvalue weighted by atomic mass is 14.1. The Balaban J connectivity index is 2.56. The fourth-order valence-corrected chi connectivity index (χ4v) is 2.16. The van der Waals surface area contributed by atoms with Crippen molar-refractivity contribution in [1.82, 2.24) is 0 Å². The van der Waals surface area contributed by atoms with Gasteiger partial charge in [-0.25, -0.2) is 0 Å². The van der Waals surface area contributed by atoms with E-state index in [1.165, 1.54) is 27.8 Å². The van der Waals surface area contributed by atoms with Gasteiger partial charge in [0.05, 0.1) is 0 Å². The van der Waals surface area contributed by atoms with E-state index < -0.39 is 0 Å². The molecule has 0 atom stereocenters. The lowest BCUT2D eigenvalue weighted by Crippen LogP contribution is -1.93. The lowest BCUT2D eigenvalue weighted by atomic mass is 9.91. The predicted octanol–water partition coefficient (Wildman–Crippen LogP) is 5.09. The van der Waals surface area contributed by atoms with Crippen molar-refractivity contribution < 1.29 is 0 Å². The molecule has 0 aliphatic heterocycles. The normalized spacial score (nSPS) is 10.9. The number of benzene rings is 2. The van der Waals surface area contributed by atoms with Crippen molar-refractivity contribution in [1.29, 1.82) is 0 Å². The van der Waals surface area contributed by atoms with Crippen LogP contribution < -0.4 is 0 Å². The Kier molecular flexibility index (Phi) is 3.33. The Morgan fingerprint density at radius 1 is 0.765 bits per heavy atom. The van der Waals surface area contributed by atoms with Gasteiger partial charge in [-0.1, -0.05) is 67.4 Å². The predicted molar refractivity (Wildman–Crippen MR) is 75.4 cm³/mol. The lowest BCUT2D eigenvalue weighted by Gasteiger charge is -2.14. The first-order valence-corrected chi connectivity index (χ1v) is 6.25. The summed E-state index contributed by atoms with van der Waals surface area (Å²) >= 11 is 0. The number of hydrogen-bond acceptors (Lipinski definition) is 0. The summed E-state index contributed by atoms with van der Waals surface area (Å²) in [5.74, 6) is 0.562. The highest BCUT2D eigenvalue weighted by Crippen LogP contribution is 2.30. The van der Waals surface area contributed by atoms with Crippen LogP contribution in [0.4, 0.5) is 0 Å². The maximum absolute atomic E-state index is 2.29. The van der Waals surface area contributed by atoms with E-state index in [0.717, 1.165) is 0 Å². The summed E-state index contributed by atoms with van der Waals surface area (Å²) in [5.41, 5.74) is 6.76. The summed E-state index contributed by atoms with van der Waals surface area (Å²) in [6, 6.07) is 15.6. The molecule has 88 valence electrons. The second kappa shape index (κ2) is 4.75. The van der Waals surface area contributed by atoms with Gasteiger partial charge in [-0.3, -0.25) is 0 Å². The minimum Gasteiger partial charge on any atom is -0.0590 e. The van der Waals surface area contributed by atoms with Crippen molar-refractivity contribution >= 4 is 0 Å². The van der Waals surface area contributed by atoms with E-state index in [2.05, 4.69) is 70.2 Å². The van der Waals surface area contributed by atoms with Crippen LogP contribution in [-0.2, 0) is 0 Å². The SMILES string of the molecule is Cc1ccc(-c2cc(C)ccc2C(C)C)cc1. The zero-order valence-corrected chi connectivity index (χ0v) is 11.1. The van der Waals surface area contributed by atoms with Gasteiger partial charge in [0.1, 0.15) is 0 Å². The third-order valence-corrected chi connectivity index (χ3v) is 3.19. The van der Waals surface area contributed by atoms with Crippen LogP contribution in [0, 0.1) is 13.8 Å². The monoisotopic (exact) mass is 224 g/mol. The molecule has 0 heteroatoms. The van der Waals surface area contributed by atoms with Crippen LogP contribution in [0.5, 0.6) is 0 Å². The van der Waals surface area contributed by atoms with Gasteiger partial charge in [-0.05, 0) is 36.5 Å². The molecule has 0 aliphatic rings. The average Bonchev–Trinajstić information content (AvgIpc) is 2.29. The summed E-state index contributed by atoms with van der Waals surface area (Å²) < 4.78 is 0. The molecule has 0 amide bonds. The molecule has 0 spiro atoms. The molecule has 0 saturated heterocycles. The Morgan fingerprint density at radius 3 is 1.94 bits per heavy atom. The molecule has 2 aromatic rings. The van der Waals surface area contributed by atoms with E-state index in [9.17, 15) is 0 Å². The summed E-state index contributed by atoms with van der Waals surface area (Å²) in [6.45, 7) is 8.79. The lowest BCUT2D eigenvalue weighted by molar-refractivity contribution is 0.868. The van der Waals surface area contributed by atoms with E-state index in [-0.39, 0.29) is 0 Å². The molecule has 0 unspecified atom stereocenters. The number of aryl methyl sites for hydroxylation is 2. The largest absolute Gasteiger partial charge is 0.0590 e. The van der Waals surface area contributed by atoms with Crippen LogP contribution >= 0.6 is 0 Å². The zero-order valence-electron chi connectivity index (χ0n) is 11.1. The van der Waals surface area contributed by atoms with Crippen LogP contribution in [0.2, 0.25) is 0 Å². The minimum absolute atomic E-state index is 0.562. The van der Waals surface area contributed by atoms with Crippen molar-refractivity contribution in [2.75, 3.05) is 0 Å². The molecule has 0 saturated carbocycles. The highest BCUT2D eigenvalue weighted by molar-refractivity contribution is 5.69. The quantitative estimate of drug-likeness (QED) is 0.666. The summed E-state index contributed by atoms with van der Waals surface area (Å²) in [6.07, 6.45) is 0. The van der Waals surface area contributed by atoms with Gasteiger partial charge in [-0.15, -0.1) is 0 Å². The van der Waals surface area contributed by atoms with E-state index >= 15 is 0 Å². The standard InChI is InChI=1S/C17H20/c1-12(2)16-10-7-14(4)11-17(16)15-8-5-13(3)6-9-15/h5-12H,1-4H3. The maximum Gasteiger partial charge on any atom is -0.0147 e. The molecular formula is C17H20. The highest BCUT2D eigenvalue weighted by Gasteiger charge is 2.08. The van der Waals surface area contributed by atoms with Gasteiger partial charge < -0.3 is 0 Å². The average molecular weight is 224 g/mol. The zero-order chi connectivity index (χ0) is 12.4. The first kappa shape index (κ1) is 11.9. The Hall–Kier alpha value is -1.56. The van der Waals surface area contributed by atoms with Gasteiger partial charge in [0.15, 0.2) is 0 Å². The molecule has 0 aliphatic carbocycles. The van der Waals surface area contributed by atoms with Crippen molar-refractivity contribution in [3.8, 4) is 11.1 Å². The topological polar surface area (TPSA) is 0 Å². The molecule has 0 aromatic heterocycles. The van der Waals surface area contributed by atoms with E-state index in [1.54, 1.807) is 0 Å². The molecule has 2 rings (SSSR count). The van der Waals surface area contributed by atoms with Gasteiger partial charge in [0.2, 0.25) is 0 Å². The fraction of sp³-hybridized carbons (Fsp3) is 0.294. The fourth-order valence-electron chi connectivity index (χ4n) is 2.16. The van der Waals surface area contributed by atoms with Crippen molar-refractivity contribution in [2.24, 2.45) is 0 Å². The second-order valence-electron chi connectivity index (χ2n) is 5.11. The number of hydrogen-bond donors (Lipinski definition) is 0. The molecule has 0 fully saturated rings. The molecule has 0 radical (unpaired) electrons. The number of rotatable bonds is 2. The molecule has 0 heterocycles. The molecule has 0 nitrogen and oxygen atoms in total. The van der Waals surface area contributed by atoms with Crippen LogP contribution in [0.3, 0.4) is 0 Å². The minimum atomic E-state index is 0.562. The van der Waals surface area contributed by atoms with Gasteiger partial charge >= 0.3 is 0 Å². The Morgan fingerprint density at radius 2 is 1.35 bits per heavy atom. The summed E-state index contributed by atoms with van der Waals surface area (Å²) in [4.78, 5) is 0. The van der Waals surface area contributed by atoms with Gasteiger partial charge in [-0.2, -0.15) is 0 Å². The Labute approximate surface area is 104 Å². The van der Waals surface area contributed by atoms with Crippen LogP contribution in [0.15, 0.2) is 42.5 Å². The first-order chi connectivity index (χ1) is 8.08. The smallest absolute Gasteiger partial charge is 0.0147 e. The van der Waals surface area contributed by atoms with Crippen molar-refractivity contribution in [2.45, 2.75) is 33.6 Å².